The van der Waals surface area contributed by atoms with Gasteiger partial charge in [-0.25, -0.2) is 9.69 Å². The highest BCUT2D eigenvalue weighted by atomic mass is 127. The Balaban J connectivity index is 2.85. The SMILES string of the molecule is CC1(C)COC(=O)N(CI)C1=O. The number of carbonyl (C=O) groups is 2. The van der Waals surface area contributed by atoms with Gasteiger partial charge >= 0.3 is 6.09 Å². The van der Waals surface area contributed by atoms with Gasteiger partial charge in [0.15, 0.2) is 0 Å². The first-order valence-corrected chi connectivity index (χ1v) is 5.06. The van der Waals surface area contributed by atoms with Gasteiger partial charge in [-0.05, 0) is 13.8 Å². The van der Waals surface area contributed by atoms with Gasteiger partial charge in [0.25, 0.3) is 0 Å². The van der Waals surface area contributed by atoms with Gasteiger partial charge in [-0.2, -0.15) is 0 Å². The molecule has 12 heavy (non-hydrogen) atoms. The number of alkyl halides is 1. The van der Waals surface area contributed by atoms with Gasteiger partial charge < -0.3 is 4.74 Å². The van der Waals surface area contributed by atoms with Crippen molar-refractivity contribution in [3.8, 4) is 0 Å². The third kappa shape index (κ3) is 1.55. The number of carbonyl (C=O) groups excluding carboxylic acids is 2. The Morgan fingerprint density at radius 3 is 2.58 bits per heavy atom. The fourth-order valence-electron chi connectivity index (χ4n) is 0.933. The highest BCUT2D eigenvalue weighted by Gasteiger charge is 2.41. The molecule has 0 spiro atoms. The number of nitrogens with zero attached hydrogens (tertiary/aromatic N) is 1. The summed E-state index contributed by atoms with van der Waals surface area (Å²) in [7, 11) is 0. The summed E-state index contributed by atoms with van der Waals surface area (Å²) in [6.45, 7) is 3.71. The molecule has 4 nitrogen and oxygen atoms in total. The van der Waals surface area contributed by atoms with Crippen molar-refractivity contribution in [1.82, 2.24) is 4.90 Å². The summed E-state index contributed by atoms with van der Waals surface area (Å²) in [6, 6.07) is 0. The van der Waals surface area contributed by atoms with Gasteiger partial charge in [-0.3, -0.25) is 4.79 Å². The van der Waals surface area contributed by atoms with Crippen LogP contribution in [-0.2, 0) is 9.53 Å². The van der Waals surface area contributed by atoms with Gasteiger partial charge in [-0.15, -0.1) is 0 Å². The lowest BCUT2D eigenvalue weighted by Crippen LogP contribution is -2.51. The molecule has 1 heterocycles. The predicted octanol–water partition coefficient (Wildman–Crippen LogP) is 1.38. The smallest absolute Gasteiger partial charge is 0.417 e. The zero-order valence-corrected chi connectivity index (χ0v) is 9.12. The number of hydrogen-bond donors (Lipinski definition) is 0. The highest BCUT2D eigenvalue weighted by molar-refractivity contribution is 14.1. The quantitative estimate of drug-likeness (QED) is 0.415. The molecule has 0 N–H and O–H groups in total. The van der Waals surface area contributed by atoms with E-state index in [4.69, 9.17) is 4.74 Å². The predicted molar refractivity (Wildman–Crippen MR) is 50.9 cm³/mol. The molecule has 0 saturated carbocycles. The van der Waals surface area contributed by atoms with Crippen molar-refractivity contribution in [3.05, 3.63) is 0 Å². The second-order valence-corrected chi connectivity index (χ2v) is 3.97. The average Bonchev–Trinajstić information content (AvgIpc) is 2.00. The van der Waals surface area contributed by atoms with Gasteiger partial charge in [0, 0.05) is 0 Å². The molecule has 0 radical (unpaired) electrons. The molecule has 0 aromatic heterocycles. The van der Waals surface area contributed by atoms with Crippen LogP contribution in [0, 0.1) is 5.41 Å². The fraction of sp³-hybridized carbons (Fsp3) is 0.714. The van der Waals surface area contributed by atoms with Crippen LogP contribution in [0.5, 0.6) is 0 Å². The molecule has 1 fully saturated rings. The van der Waals surface area contributed by atoms with Crippen LogP contribution in [-0.4, -0.2) is 28.1 Å². The van der Waals surface area contributed by atoms with Crippen molar-refractivity contribution in [2.45, 2.75) is 13.8 Å². The van der Waals surface area contributed by atoms with E-state index in [0.717, 1.165) is 4.90 Å². The van der Waals surface area contributed by atoms with E-state index in [1.165, 1.54) is 0 Å². The van der Waals surface area contributed by atoms with Gasteiger partial charge in [-0.1, -0.05) is 22.6 Å². The Hall–Kier alpha value is -0.330. The van der Waals surface area contributed by atoms with Crippen molar-refractivity contribution in [3.63, 3.8) is 0 Å². The van der Waals surface area contributed by atoms with E-state index < -0.39 is 11.5 Å². The number of amides is 2. The molecule has 0 unspecified atom stereocenters. The zero-order valence-electron chi connectivity index (χ0n) is 6.96. The highest BCUT2D eigenvalue weighted by Crippen LogP contribution is 2.25. The molecule has 1 saturated heterocycles. The molecule has 68 valence electrons. The van der Waals surface area contributed by atoms with Crippen molar-refractivity contribution in [2.24, 2.45) is 5.41 Å². The molecule has 2 amide bonds. The molecule has 0 aromatic rings. The summed E-state index contributed by atoms with van der Waals surface area (Å²) in [5, 5.41) is 0. The van der Waals surface area contributed by atoms with E-state index in [9.17, 15) is 9.59 Å². The molecule has 1 aliphatic heterocycles. The van der Waals surface area contributed by atoms with E-state index in [1.54, 1.807) is 13.8 Å². The number of imide groups is 1. The maximum atomic E-state index is 11.5. The van der Waals surface area contributed by atoms with Gasteiger partial charge in [0.05, 0.1) is 9.97 Å². The Morgan fingerprint density at radius 2 is 2.17 bits per heavy atom. The molecule has 0 aromatic carbocycles. The fourth-order valence-corrected chi connectivity index (χ4v) is 1.52. The van der Waals surface area contributed by atoms with Crippen molar-refractivity contribution in [1.29, 1.82) is 0 Å². The minimum Gasteiger partial charge on any atom is -0.448 e. The van der Waals surface area contributed by atoms with Crippen molar-refractivity contribution in [2.75, 3.05) is 11.2 Å². The lowest BCUT2D eigenvalue weighted by molar-refractivity contribution is -0.144. The minimum absolute atomic E-state index is 0.159. The summed E-state index contributed by atoms with van der Waals surface area (Å²) in [4.78, 5) is 23.6. The summed E-state index contributed by atoms with van der Waals surface area (Å²) >= 11 is 1.96. The third-order valence-electron chi connectivity index (χ3n) is 1.72. The van der Waals surface area contributed by atoms with Crippen LogP contribution in [0.2, 0.25) is 0 Å². The van der Waals surface area contributed by atoms with E-state index in [2.05, 4.69) is 0 Å². The Bertz CT molecular complexity index is 227. The molecule has 0 bridgehead atoms. The molecular weight excluding hydrogens is 273 g/mol. The van der Waals surface area contributed by atoms with E-state index in [0.29, 0.717) is 4.55 Å². The standard InChI is InChI=1S/C7H10INO3/c1-7(2)3-12-6(11)9(4-8)5(7)10/h3-4H2,1-2H3. The maximum Gasteiger partial charge on any atom is 0.417 e. The first-order valence-electron chi connectivity index (χ1n) is 3.54. The van der Waals surface area contributed by atoms with Crippen LogP contribution in [0.1, 0.15) is 13.8 Å². The first-order chi connectivity index (χ1) is 5.49. The lowest BCUT2D eigenvalue weighted by atomic mass is 9.92. The lowest BCUT2D eigenvalue weighted by Gasteiger charge is -2.33. The zero-order chi connectivity index (χ0) is 9.35. The number of ether oxygens (including phenoxy) is 1. The number of cyclic esters (lactones) is 1. The minimum atomic E-state index is -0.570. The van der Waals surface area contributed by atoms with Gasteiger partial charge in [0.2, 0.25) is 5.91 Å². The second kappa shape index (κ2) is 3.20. The molecular formula is C7H10INO3. The largest absolute Gasteiger partial charge is 0.448 e. The van der Waals surface area contributed by atoms with Crippen LogP contribution in [0.3, 0.4) is 0 Å². The van der Waals surface area contributed by atoms with Crippen LogP contribution in [0.15, 0.2) is 0 Å². The third-order valence-corrected chi connectivity index (χ3v) is 2.40. The Kier molecular flexibility index (Phi) is 2.60. The van der Waals surface area contributed by atoms with Crippen molar-refractivity contribution < 1.29 is 14.3 Å². The van der Waals surface area contributed by atoms with Crippen molar-refractivity contribution >= 4 is 34.6 Å². The number of rotatable bonds is 1. The monoisotopic (exact) mass is 283 g/mol. The Labute approximate surface area is 84.4 Å². The van der Waals surface area contributed by atoms with Gasteiger partial charge in [0.1, 0.15) is 6.61 Å². The van der Waals surface area contributed by atoms with Crippen LogP contribution in [0.4, 0.5) is 4.79 Å². The number of halogens is 1. The molecule has 0 aliphatic carbocycles. The maximum absolute atomic E-state index is 11.5. The summed E-state index contributed by atoms with van der Waals surface area (Å²) in [6.07, 6.45) is -0.534. The summed E-state index contributed by atoms with van der Waals surface area (Å²) < 4.78 is 5.17. The summed E-state index contributed by atoms with van der Waals surface area (Å²) in [5.41, 5.74) is -0.570. The van der Waals surface area contributed by atoms with Crippen LogP contribution >= 0.6 is 22.6 Å². The molecule has 1 aliphatic rings. The topological polar surface area (TPSA) is 46.6 Å². The first kappa shape index (κ1) is 9.76. The number of hydrogen-bond acceptors (Lipinski definition) is 3. The average molecular weight is 283 g/mol. The molecule has 1 rings (SSSR count). The summed E-state index contributed by atoms with van der Waals surface area (Å²) in [5.74, 6) is -0.159. The molecule has 0 atom stereocenters. The normalized spacial score (nSPS) is 22.4. The van der Waals surface area contributed by atoms with E-state index in [1.807, 2.05) is 22.6 Å². The van der Waals surface area contributed by atoms with Crippen LogP contribution in [0.25, 0.3) is 0 Å². The van der Waals surface area contributed by atoms with Crippen LogP contribution < -0.4 is 0 Å². The molecule has 5 heteroatoms. The van der Waals surface area contributed by atoms with E-state index in [-0.39, 0.29) is 12.5 Å². The second-order valence-electron chi connectivity index (χ2n) is 3.29. The Morgan fingerprint density at radius 1 is 1.58 bits per heavy atom. The van der Waals surface area contributed by atoms with E-state index >= 15 is 0 Å².